The summed E-state index contributed by atoms with van der Waals surface area (Å²) in [7, 11) is 1.59. The largest absolute Gasteiger partial charge is 0.496 e. The van der Waals surface area contributed by atoms with Crippen LogP contribution in [0.15, 0.2) is 42.1 Å². The van der Waals surface area contributed by atoms with Crippen molar-refractivity contribution in [3.8, 4) is 5.75 Å². The molecule has 2 rings (SSSR count). The smallest absolute Gasteiger partial charge is 0.130 e. The second-order valence-electron chi connectivity index (χ2n) is 4.73. The Kier molecular flexibility index (Phi) is 3.44. The van der Waals surface area contributed by atoms with E-state index in [-0.39, 0.29) is 5.70 Å². The Morgan fingerprint density at radius 3 is 2.74 bits per heavy atom. The summed E-state index contributed by atoms with van der Waals surface area (Å²) < 4.78 is 5.29. The van der Waals surface area contributed by atoms with Gasteiger partial charge in [-0.2, -0.15) is 0 Å². The first kappa shape index (κ1) is 13.4. The number of aliphatic hydroxyl groups is 1. The van der Waals surface area contributed by atoms with Crippen molar-refractivity contribution in [2.24, 2.45) is 11.7 Å². The Morgan fingerprint density at radius 1 is 1.42 bits per heavy atom. The van der Waals surface area contributed by atoms with Crippen molar-refractivity contribution >= 4 is 11.9 Å². The SMILES string of the molecule is COc1ccccc1C1=CC(C=O)C(C)(O)C(N)=C1. The zero-order valence-electron chi connectivity index (χ0n) is 11.0. The maximum Gasteiger partial charge on any atom is 0.130 e. The van der Waals surface area contributed by atoms with Crippen LogP contribution in [0.2, 0.25) is 0 Å². The van der Waals surface area contributed by atoms with Crippen molar-refractivity contribution in [1.29, 1.82) is 0 Å². The van der Waals surface area contributed by atoms with E-state index in [1.165, 1.54) is 6.92 Å². The predicted molar refractivity (Wildman–Crippen MR) is 73.4 cm³/mol. The van der Waals surface area contributed by atoms with Crippen molar-refractivity contribution in [3.05, 3.63) is 47.7 Å². The minimum absolute atomic E-state index is 0.271. The Bertz CT molecular complexity index is 558. The summed E-state index contributed by atoms with van der Waals surface area (Å²) in [6.45, 7) is 1.54. The molecule has 0 spiro atoms. The van der Waals surface area contributed by atoms with Crippen molar-refractivity contribution < 1.29 is 14.6 Å². The molecule has 0 saturated heterocycles. The third-order valence-electron chi connectivity index (χ3n) is 3.47. The number of rotatable bonds is 3. The average molecular weight is 259 g/mol. The van der Waals surface area contributed by atoms with Crippen LogP contribution in [0, 0.1) is 5.92 Å². The molecular formula is C15H17NO3. The van der Waals surface area contributed by atoms with Crippen LogP contribution in [0.1, 0.15) is 12.5 Å². The van der Waals surface area contributed by atoms with E-state index in [1.54, 1.807) is 19.3 Å². The van der Waals surface area contributed by atoms with E-state index >= 15 is 0 Å². The number of aldehydes is 1. The van der Waals surface area contributed by atoms with E-state index in [4.69, 9.17) is 10.5 Å². The number of benzene rings is 1. The van der Waals surface area contributed by atoms with E-state index in [9.17, 15) is 9.90 Å². The van der Waals surface area contributed by atoms with Gasteiger partial charge in [0, 0.05) is 11.3 Å². The number of allylic oxidation sites excluding steroid dienone is 2. The Hall–Kier alpha value is -2.07. The van der Waals surface area contributed by atoms with Crippen LogP contribution in [0.4, 0.5) is 0 Å². The lowest BCUT2D eigenvalue weighted by atomic mass is 9.80. The van der Waals surface area contributed by atoms with Gasteiger partial charge in [0.15, 0.2) is 0 Å². The monoisotopic (exact) mass is 259 g/mol. The van der Waals surface area contributed by atoms with Gasteiger partial charge in [0.25, 0.3) is 0 Å². The molecule has 0 aromatic heterocycles. The molecule has 4 nitrogen and oxygen atoms in total. The number of hydrogen-bond donors (Lipinski definition) is 2. The molecule has 100 valence electrons. The Labute approximate surface area is 112 Å². The molecule has 2 unspecified atom stereocenters. The molecule has 2 atom stereocenters. The van der Waals surface area contributed by atoms with Gasteiger partial charge in [-0.05, 0) is 24.6 Å². The fourth-order valence-electron chi connectivity index (χ4n) is 2.13. The first-order valence-corrected chi connectivity index (χ1v) is 6.01. The summed E-state index contributed by atoms with van der Waals surface area (Å²) in [6, 6.07) is 7.47. The third kappa shape index (κ3) is 2.27. The minimum Gasteiger partial charge on any atom is -0.496 e. The zero-order chi connectivity index (χ0) is 14.0. The normalized spacial score (nSPS) is 26.4. The van der Waals surface area contributed by atoms with Crippen molar-refractivity contribution in [3.63, 3.8) is 0 Å². The standard InChI is InChI=1S/C15H17NO3/c1-15(18)11(9-17)7-10(8-14(15)16)12-5-3-4-6-13(12)19-2/h3-9,11,18H,16H2,1-2H3. The number of carbonyl (C=O) groups is 1. The lowest BCUT2D eigenvalue weighted by Crippen LogP contribution is -2.41. The quantitative estimate of drug-likeness (QED) is 0.807. The molecular weight excluding hydrogens is 242 g/mol. The average Bonchev–Trinajstić information content (AvgIpc) is 2.41. The maximum absolute atomic E-state index is 11.1. The molecule has 0 saturated carbocycles. The van der Waals surface area contributed by atoms with Crippen LogP contribution in [0.5, 0.6) is 5.75 Å². The maximum atomic E-state index is 11.1. The molecule has 1 aliphatic rings. The van der Waals surface area contributed by atoms with E-state index in [1.807, 2.05) is 24.3 Å². The molecule has 1 aromatic rings. The summed E-state index contributed by atoms with van der Waals surface area (Å²) in [6.07, 6.45) is 4.09. The second kappa shape index (κ2) is 4.90. The first-order chi connectivity index (χ1) is 9.00. The molecule has 3 N–H and O–H groups in total. The fourth-order valence-corrected chi connectivity index (χ4v) is 2.13. The van der Waals surface area contributed by atoms with Crippen molar-refractivity contribution in [1.82, 2.24) is 0 Å². The minimum atomic E-state index is -1.34. The van der Waals surface area contributed by atoms with E-state index in [0.717, 1.165) is 11.1 Å². The highest BCUT2D eigenvalue weighted by Crippen LogP contribution is 2.36. The molecule has 0 radical (unpaired) electrons. The summed E-state index contributed by atoms with van der Waals surface area (Å²) in [5, 5.41) is 10.2. The van der Waals surface area contributed by atoms with E-state index in [2.05, 4.69) is 0 Å². The van der Waals surface area contributed by atoms with Crippen LogP contribution in [0.25, 0.3) is 5.57 Å². The third-order valence-corrected chi connectivity index (χ3v) is 3.47. The number of carbonyl (C=O) groups excluding carboxylic acids is 1. The number of methoxy groups -OCH3 is 1. The highest BCUT2D eigenvalue weighted by molar-refractivity contribution is 5.83. The van der Waals surface area contributed by atoms with Crippen LogP contribution >= 0.6 is 0 Å². The highest BCUT2D eigenvalue weighted by atomic mass is 16.5. The van der Waals surface area contributed by atoms with E-state index in [0.29, 0.717) is 12.0 Å². The van der Waals surface area contributed by atoms with E-state index < -0.39 is 11.5 Å². The van der Waals surface area contributed by atoms with Crippen molar-refractivity contribution in [2.45, 2.75) is 12.5 Å². The van der Waals surface area contributed by atoms with Gasteiger partial charge in [-0.3, -0.25) is 0 Å². The number of nitrogens with two attached hydrogens (primary N) is 1. The van der Waals surface area contributed by atoms with Crippen LogP contribution in [0.3, 0.4) is 0 Å². The Morgan fingerprint density at radius 2 is 2.11 bits per heavy atom. The lowest BCUT2D eigenvalue weighted by molar-refractivity contribution is -0.114. The predicted octanol–water partition coefficient (Wildman–Crippen LogP) is 1.50. The van der Waals surface area contributed by atoms with Gasteiger partial charge in [0.1, 0.15) is 17.6 Å². The molecule has 4 heteroatoms. The fraction of sp³-hybridized carbons (Fsp3) is 0.267. The van der Waals surface area contributed by atoms with Gasteiger partial charge in [0.05, 0.1) is 13.0 Å². The van der Waals surface area contributed by atoms with Gasteiger partial charge in [-0.1, -0.05) is 24.3 Å². The van der Waals surface area contributed by atoms with Gasteiger partial charge in [0.2, 0.25) is 0 Å². The Balaban J connectivity index is 2.52. The molecule has 1 aromatic carbocycles. The van der Waals surface area contributed by atoms with Gasteiger partial charge < -0.3 is 20.4 Å². The number of hydrogen-bond acceptors (Lipinski definition) is 4. The van der Waals surface area contributed by atoms with Crippen LogP contribution < -0.4 is 10.5 Å². The summed E-state index contributed by atoms with van der Waals surface area (Å²) in [4.78, 5) is 11.1. The van der Waals surface area contributed by atoms with Crippen LogP contribution in [-0.2, 0) is 4.79 Å². The molecule has 0 aliphatic heterocycles. The summed E-state index contributed by atoms with van der Waals surface area (Å²) in [5.74, 6) is 0.0291. The summed E-state index contributed by atoms with van der Waals surface area (Å²) in [5.41, 5.74) is 6.42. The zero-order valence-corrected chi connectivity index (χ0v) is 11.0. The summed E-state index contributed by atoms with van der Waals surface area (Å²) >= 11 is 0. The molecule has 0 fully saturated rings. The lowest BCUT2D eigenvalue weighted by Gasteiger charge is -2.32. The second-order valence-corrected chi connectivity index (χ2v) is 4.73. The highest BCUT2D eigenvalue weighted by Gasteiger charge is 2.36. The molecule has 0 heterocycles. The first-order valence-electron chi connectivity index (χ1n) is 6.01. The van der Waals surface area contributed by atoms with Crippen LogP contribution in [-0.4, -0.2) is 24.1 Å². The molecule has 19 heavy (non-hydrogen) atoms. The molecule has 1 aliphatic carbocycles. The number of ether oxygens (including phenoxy) is 1. The van der Waals surface area contributed by atoms with Gasteiger partial charge in [-0.25, -0.2) is 0 Å². The number of para-hydroxylation sites is 1. The molecule has 0 amide bonds. The van der Waals surface area contributed by atoms with Gasteiger partial charge in [-0.15, -0.1) is 0 Å². The molecule has 0 bridgehead atoms. The topological polar surface area (TPSA) is 72.5 Å². The van der Waals surface area contributed by atoms with Crippen molar-refractivity contribution in [2.75, 3.05) is 7.11 Å². The van der Waals surface area contributed by atoms with Gasteiger partial charge >= 0.3 is 0 Å².